The van der Waals surface area contributed by atoms with E-state index in [4.69, 9.17) is 14.2 Å². The van der Waals surface area contributed by atoms with Gasteiger partial charge in [0, 0.05) is 12.8 Å². The summed E-state index contributed by atoms with van der Waals surface area (Å²) in [6.07, 6.45) is 3.55. The molecule has 0 saturated heterocycles. The van der Waals surface area contributed by atoms with Gasteiger partial charge in [-0.1, -0.05) is 25.5 Å². The summed E-state index contributed by atoms with van der Waals surface area (Å²) in [6, 6.07) is 12.5. The summed E-state index contributed by atoms with van der Waals surface area (Å²) < 4.78 is 16.2. The number of unbranched alkanes of at least 4 members (excludes halogenated alkanes) is 1. The Kier molecular flexibility index (Phi) is 9.87. The Bertz CT molecular complexity index is 899. The molecule has 0 fully saturated rings. The molecule has 0 saturated carbocycles. The van der Waals surface area contributed by atoms with Crippen LogP contribution in [0.25, 0.3) is 0 Å². The molecule has 0 spiro atoms. The Morgan fingerprint density at radius 3 is 2.45 bits per heavy atom. The molecule has 0 unspecified atom stereocenters. The van der Waals surface area contributed by atoms with Crippen molar-refractivity contribution < 1.29 is 23.8 Å². The molecule has 8 nitrogen and oxygen atoms in total. The fraction of sp³-hybridized carbons (Fsp3) is 0.348. The Morgan fingerprint density at radius 1 is 0.968 bits per heavy atom. The van der Waals surface area contributed by atoms with Crippen molar-refractivity contribution in [1.82, 2.24) is 5.43 Å². The molecule has 31 heavy (non-hydrogen) atoms. The zero-order valence-corrected chi connectivity index (χ0v) is 18.1. The molecule has 2 aromatic rings. The number of hydrogen-bond acceptors (Lipinski definition) is 6. The van der Waals surface area contributed by atoms with Crippen molar-refractivity contribution >= 4 is 23.7 Å². The Labute approximate surface area is 182 Å². The van der Waals surface area contributed by atoms with Gasteiger partial charge in [0.25, 0.3) is 0 Å². The molecule has 2 amide bonds. The maximum absolute atomic E-state index is 12.1. The first kappa shape index (κ1) is 23.7. The third-order valence-electron chi connectivity index (χ3n) is 4.31. The van der Waals surface area contributed by atoms with Gasteiger partial charge in [-0.3, -0.25) is 9.59 Å². The fourth-order valence-corrected chi connectivity index (χ4v) is 2.63. The molecular weight excluding hydrogens is 398 g/mol. The quantitative estimate of drug-likeness (QED) is 0.305. The van der Waals surface area contributed by atoms with E-state index in [9.17, 15) is 9.59 Å². The average molecular weight is 428 g/mol. The lowest BCUT2D eigenvalue weighted by Gasteiger charge is -2.10. The Balaban J connectivity index is 1.80. The Morgan fingerprint density at radius 2 is 1.71 bits per heavy atom. The number of nitrogens with zero attached hydrogens (tertiary/aromatic N) is 1. The highest BCUT2D eigenvalue weighted by Gasteiger charge is 2.09. The van der Waals surface area contributed by atoms with Crippen LogP contribution in [-0.2, 0) is 9.59 Å². The lowest BCUT2D eigenvalue weighted by atomic mass is 10.2. The van der Waals surface area contributed by atoms with Gasteiger partial charge in [-0.25, -0.2) is 5.43 Å². The number of anilines is 1. The molecule has 0 atom stereocenters. The molecule has 2 N–H and O–H groups in total. The minimum absolute atomic E-state index is 0.00580. The number of para-hydroxylation sites is 2. The monoisotopic (exact) mass is 427 g/mol. The van der Waals surface area contributed by atoms with Crippen LogP contribution in [0.4, 0.5) is 5.69 Å². The van der Waals surface area contributed by atoms with E-state index in [1.807, 2.05) is 12.1 Å². The largest absolute Gasteiger partial charge is 0.495 e. The standard InChI is InChI=1S/C23H29N3O5/c1-4-5-14-31-20-11-10-17(15-21(20)30-3)16-24-26-23(28)13-12-22(27)25-18-8-6-7-9-19(18)29-2/h6-11,15-16H,4-5,12-14H2,1-3H3,(H,25,27)(H,26,28). The normalized spacial score (nSPS) is 10.5. The molecule has 0 radical (unpaired) electrons. The van der Waals surface area contributed by atoms with E-state index in [-0.39, 0.29) is 24.7 Å². The predicted octanol–water partition coefficient (Wildman–Crippen LogP) is 3.75. The van der Waals surface area contributed by atoms with Gasteiger partial charge in [0.1, 0.15) is 5.75 Å². The number of rotatable bonds is 12. The molecule has 0 aromatic heterocycles. The highest BCUT2D eigenvalue weighted by molar-refractivity contribution is 5.94. The van der Waals surface area contributed by atoms with Crippen molar-refractivity contribution in [3.05, 3.63) is 48.0 Å². The van der Waals surface area contributed by atoms with Gasteiger partial charge in [-0.2, -0.15) is 5.10 Å². The second-order valence-electron chi connectivity index (χ2n) is 6.65. The topological polar surface area (TPSA) is 98.2 Å². The number of hydrogen-bond donors (Lipinski definition) is 2. The van der Waals surface area contributed by atoms with Gasteiger partial charge in [0.15, 0.2) is 11.5 Å². The number of nitrogens with one attached hydrogen (secondary N) is 2. The van der Waals surface area contributed by atoms with Gasteiger partial charge in [-0.15, -0.1) is 0 Å². The van der Waals surface area contributed by atoms with Gasteiger partial charge < -0.3 is 19.5 Å². The number of methoxy groups -OCH3 is 2. The second-order valence-corrected chi connectivity index (χ2v) is 6.65. The fourth-order valence-electron chi connectivity index (χ4n) is 2.63. The number of benzene rings is 2. The number of carbonyl (C=O) groups is 2. The molecule has 0 aliphatic heterocycles. The smallest absolute Gasteiger partial charge is 0.240 e. The van der Waals surface area contributed by atoms with E-state index >= 15 is 0 Å². The van der Waals surface area contributed by atoms with Crippen LogP contribution in [0.1, 0.15) is 38.2 Å². The zero-order chi connectivity index (χ0) is 22.5. The highest BCUT2D eigenvalue weighted by atomic mass is 16.5. The molecule has 0 aliphatic rings. The molecule has 166 valence electrons. The van der Waals surface area contributed by atoms with Crippen molar-refractivity contribution in [3.63, 3.8) is 0 Å². The van der Waals surface area contributed by atoms with E-state index < -0.39 is 0 Å². The van der Waals surface area contributed by atoms with Crippen molar-refractivity contribution in [2.75, 3.05) is 26.1 Å². The molecule has 0 aliphatic carbocycles. The average Bonchev–Trinajstić information content (AvgIpc) is 2.79. The van der Waals surface area contributed by atoms with Crippen molar-refractivity contribution in [2.24, 2.45) is 5.10 Å². The van der Waals surface area contributed by atoms with E-state index in [2.05, 4.69) is 22.8 Å². The van der Waals surface area contributed by atoms with Crippen LogP contribution < -0.4 is 25.0 Å². The van der Waals surface area contributed by atoms with Gasteiger partial charge >= 0.3 is 0 Å². The summed E-state index contributed by atoms with van der Waals surface area (Å²) in [4.78, 5) is 24.0. The minimum atomic E-state index is -0.363. The van der Waals surface area contributed by atoms with Crippen LogP contribution in [0.5, 0.6) is 17.2 Å². The molecule has 8 heteroatoms. The number of amides is 2. The minimum Gasteiger partial charge on any atom is -0.495 e. The van der Waals surface area contributed by atoms with Gasteiger partial charge in [-0.05, 0) is 42.3 Å². The molecule has 2 aromatic carbocycles. The van der Waals surface area contributed by atoms with Crippen molar-refractivity contribution in [1.29, 1.82) is 0 Å². The van der Waals surface area contributed by atoms with Crippen LogP contribution in [-0.4, -0.2) is 38.9 Å². The van der Waals surface area contributed by atoms with Crippen LogP contribution in [0.3, 0.4) is 0 Å². The Hall–Kier alpha value is -3.55. The second kappa shape index (κ2) is 12.9. The number of carbonyl (C=O) groups excluding carboxylic acids is 2. The first-order valence-corrected chi connectivity index (χ1v) is 10.1. The molecular formula is C23H29N3O5. The summed E-state index contributed by atoms with van der Waals surface area (Å²) in [6.45, 7) is 2.72. The summed E-state index contributed by atoms with van der Waals surface area (Å²) in [7, 11) is 3.10. The van der Waals surface area contributed by atoms with Gasteiger partial charge in [0.05, 0.1) is 32.7 Å². The van der Waals surface area contributed by atoms with Crippen LogP contribution in [0.15, 0.2) is 47.6 Å². The van der Waals surface area contributed by atoms with E-state index in [0.717, 1.165) is 18.4 Å². The lowest BCUT2D eigenvalue weighted by molar-refractivity contribution is -0.124. The van der Waals surface area contributed by atoms with Crippen LogP contribution >= 0.6 is 0 Å². The molecule has 2 rings (SSSR count). The van der Waals surface area contributed by atoms with Crippen molar-refractivity contribution in [3.8, 4) is 17.2 Å². The third-order valence-corrected chi connectivity index (χ3v) is 4.31. The van der Waals surface area contributed by atoms with E-state index in [0.29, 0.717) is 29.5 Å². The molecule has 0 heterocycles. The third kappa shape index (κ3) is 8.00. The van der Waals surface area contributed by atoms with Gasteiger partial charge in [0.2, 0.25) is 11.8 Å². The summed E-state index contributed by atoms with van der Waals surface area (Å²) in [5.41, 5.74) is 3.72. The van der Waals surface area contributed by atoms with E-state index in [1.54, 1.807) is 37.4 Å². The predicted molar refractivity (Wildman–Crippen MR) is 120 cm³/mol. The SMILES string of the molecule is CCCCOc1ccc(C=NNC(=O)CCC(=O)Nc2ccccc2OC)cc1OC. The van der Waals surface area contributed by atoms with Crippen LogP contribution in [0, 0.1) is 0 Å². The number of ether oxygens (including phenoxy) is 3. The maximum Gasteiger partial charge on any atom is 0.240 e. The zero-order valence-electron chi connectivity index (χ0n) is 18.1. The summed E-state index contributed by atoms with van der Waals surface area (Å²) in [5, 5.41) is 6.67. The van der Waals surface area contributed by atoms with Crippen molar-refractivity contribution in [2.45, 2.75) is 32.6 Å². The first-order chi connectivity index (χ1) is 15.1. The summed E-state index contributed by atoms with van der Waals surface area (Å²) in [5.74, 6) is 1.17. The maximum atomic E-state index is 12.1. The number of hydrazone groups is 1. The molecule has 0 bridgehead atoms. The first-order valence-electron chi connectivity index (χ1n) is 10.1. The highest BCUT2D eigenvalue weighted by Crippen LogP contribution is 2.27. The summed E-state index contributed by atoms with van der Waals surface area (Å²) >= 11 is 0. The van der Waals surface area contributed by atoms with Crippen LogP contribution in [0.2, 0.25) is 0 Å². The lowest BCUT2D eigenvalue weighted by Crippen LogP contribution is -2.20. The van der Waals surface area contributed by atoms with E-state index in [1.165, 1.54) is 13.3 Å².